The van der Waals surface area contributed by atoms with Gasteiger partial charge in [0.15, 0.2) is 11.6 Å². The van der Waals surface area contributed by atoms with E-state index in [1.54, 1.807) is 14.2 Å². The van der Waals surface area contributed by atoms with E-state index in [4.69, 9.17) is 14.2 Å². The molecule has 0 saturated carbocycles. The van der Waals surface area contributed by atoms with E-state index >= 15 is 0 Å². The van der Waals surface area contributed by atoms with Crippen molar-refractivity contribution in [3.63, 3.8) is 0 Å². The number of hydrogen-bond donors (Lipinski definition) is 0. The van der Waals surface area contributed by atoms with Crippen LogP contribution in [-0.2, 0) is 23.8 Å². The summed E-state index contributed by atoms with van der Waals surface area (Å²) in [6.07, 6.45) is 3.75. The molecule has 6 saturated heterocycles. The molecule has 6 fully saturated rings. The molecule has 6 aliphatic rings. The summed E-state index contributed by atoms with van der Waals surface area (Å²) < 4.78 is 17.1. The zero-order valence-electron chi connectivity index (χ0n) is 16.6. The van der Waals surface area contributed by atoms with Crippen molar-refractivity contribution < 1.29 is 23.8 Å². The van der Waals surface area contributed by atoms with Crippen molar-refractivity contribution in [3.05, 3.63) is 0 Å². The molecule has 6 heterocycles. The van der Waals surface area contributed by atoms with Crippen LogP contribution in [0, 0.1) is 11.8 Å². The van der Waals surface area contributed by atoms with Gasteiger partial charge in [0.1, 0.15) is 11.1 Å². The van der Waals surface area contributed by atoms with E-state index in [0.717, 1.165) is 51.9 Å². The molecule has 7 heteroatoms. The number of rotatable bonds is 8. The van der Waals surface area contributed by atoms with Crippen LogP contribution in [0.4, 0.5) is 0 Å². The number of carbonyl (C=O) groups excluding carboxylic acids is 2. The molecule has 2 atom stereocenters. The van der Waals surface area contributed by atoms with E-state index in [-0.39, 0.29) is 36.6 Å². The van der Waals surface area contributed by atoms with Gasteiger partial charge in [0.05, 0.1) is 26.4 Å². The Hall–Kier alpha value is -0.860. The molecule has 0 aromatic heterocycles. The fraction of sp³-hybridized carbons (Fsp3) is 0.900. The van der Waals surface area contributed by atoms with Gasteiger partial charge in [0.2, 0.25) is 0 Å². The van der Waals surface area contributed by atoms with Gasteiger partial charge in [-0.05, 0) is 51.9 Å². The zero-order chi connectivity index (χ0) is 19.1. The predicted molar refractivity (Wildman–Crippen MR) is 98.6 cm³/mol. The molecule has 6 aliphatic heterocycles. The summed E-state index contributed by atoms with van der Waals surface area (Å²) in [4.78, 5) is 30.6. The van der Waals surface area contributed by atoms with Crippen molar-refractivity contribution in [2.75, 3.05) is 66.8 Å². The van der Waals surface area contributed by atoms with Crippen LogP contribution >= 0.6 is 0 Å². The number of carbonyl (C=O) groups is 2. The van der Waals surface area contributed by atoms with Gasteiger partial charge < -0.3 is 14.2 Å². The maximum atomic E-state index is 13.1. The normalized spacial score (nSPS) is 43.5. The van der Waals surface area contributed by atoms with Crippen LogP contribution in [0.2, 0.25) is 0 Å². The Morgan fingerprint density at radius 1 is 0.741 bits per heavy atom. The number of ketones is 2. The fourth-order valence-corrected chi connectivity index (χ4v) is 5.81. The predicted octanol–water partition coefficient (Wildman–Crippen LogP) is 0.363. The van der Waals surface area contributed by atoms with Gasteiger partial charge in [-0.15, -0.1) is 0 Å². The zero-order valence-corrected chi connectivity index (χ0v) is 16.6. The Morgan fingerprint density at radius 3 is 1.41 bits per heavy atom. The molecule has 152 valence electrons. The highest BCUT2D eigenvalue weighted by Crippen LogP contribution is 2.39. The number of ether oxygens (including phenoxy) is 3. The number of methoxy groups -OCH3 is 2. The smallest absolute Gasteiger partial charge is 0.160 e. The first-order chi connectivity index (χ1) is 13.1. The molecular formula is C20H32N2O5. The van der Waals surface area contributed by atoms with Crippen LogP contribution in [0.15, 0.2) is 0 Å². The Bertz CT molecular complexity index is 533. The van der Waals surface area contributed by atoms with Gasteiger partial charge in [-0.1, -0.05) is 0 Å². The fourth-order valence-electron chi connectivity index (χ4n) is 5.81. The lowest BCUT2D eigenvalue weighted by Gasteiger charge is -2.54. The molecule has 0 radical (unpaired) electrons. The SMILES string of the molecule is COC[C@]1(COC[C@@]2(COC)C(=O)C3CCN2CC3)C(=O)C2CCN1CC2. The first-order valence-corrected chi connectivity index (χ1v) is 10.2. The van der Waals surface area contributed by atoms with Crippen LogP contribution in [0.5, 0.6) is 0 Å². The number of Topliss-reactive ketones (excluding diaryl/α,β-unsaturated/α-hetero) is 2. The molecule has 0 aromatic rings. The lowest BCUT2D eigenvalue weighted by molar-refractivity contribution is -0.172. The highest BCUT2D eigenvalue weighted by atomic mass is 16.5. The average Bonchev–Trinajstić information content (AvgIpc) is 2.70. The van der Waals surface area contributed by atoms with Gasteiger partial charge in [0.25, 0.3) is 0 Å². The van der Waals surface area contributed by atoms with Crippen molar-refractivity contribution in [2.24, 2.45) is 11.8 Å². The molecule has 0 aromatic carbocycles. The second-order valence-corrected chi connectivity index (χ2v) is 8.67. The highest BCUT2D eigenvalue weighted by molar-refractivity contribution is 5.93. The topological polar surface area (TPSA) is 68.3 Å². The largest absolute Gasteiger partial charge is 0.382 e. The van der Waals surface area contributed by atoms with Crippen molar-refractivity contribution in [3.8, 4) is 0 Å². The van der Waals surface area contributed by atoms with Gasteiger partial charge in [-0.25, -0.2) is 0 Å². The van der Waals surface area contributed by atoms with Crippen LogP contribution in [-0.4, -0.2) is 99.3 Å². The van der Waals surface area contributed by atoms with E-state index in [9.17, 15) is 9.59 Å². The number of fused-ring (bicyclic) bond motifs is 6. The molecule has 4 bridgehead atoms. The third-order valence-corrected chi connectivity index (χ3v) is 7.31. The van der Waals surface area contributed by atoms with Crippen molar-refractivity contribution in [1.82, 2.24) is 9.80 Å². The van der Waals surface area contributed by atoms with E-state index in [2.05, 4.69) is 9.80 Å². The minimum atomic E-state index is -0.698. The monoisotopic (exact) mass is 380 g/mol. The van der Waals surface area contributed by atoms with Gasteiger partial charge in [-0.3, -0.25) is 19.4 Å². The molecule has 0 spiro atoms. The second kappa shape index (κ2) is 7.52. The summed E-state index contributed by atoms with van der Waals surface area (Å²) in [6, 6.07) is 0. The maximum Gasteiger partial charge on any atom is 0.160 e. The summed E-state index contributed by atoms with van der Waals surface area (Å²) in [5, 5.41) is 0. The van der Waals surface area contributed by atoms with Gasteiger partial charge >= 0.3 is 0 Å². The molecule has 0 amide bonds. The highest BCUT2D eigenvalue weighted by Gasteiger charge is 2.56. The van der Waals surface area contributed by atoms with E-state index in [0.29, 0.717) is 13.2 Å². The lowest BCUT2D eigenvalue weighted by Crippen LogP contribution is -2.71. The van der Waals surface area contributed by atoms with E-state index in [1.165, 1.54) is 0 Å². The molecular weight excluding hydrogens is 348 g/mol. The molecule has 0 N–H and O–H groups in total. The second-order valence-electron chi connectivity index (χ2n) is 8.67. The van der Waals surface area contributed by atoms with Gasteiger partial charge in [-0.2, -0.15) is 0 Å². The molecule has 6 rings (SSSR count). The third-order valence-electron chi connectivity index (χ3n) is 7.31. The maximum absolute atomic E-state index is 13.1. The van der Waals surface area contributed by atoms with Gasteiger partial charge in [0, 0.05) is 26.1 Å². The Kier molecular flexibility index (Phi) is 5.42. The number of nitrogens with zero attached hydrogens (tertiary/aromatic N) is 2. The summed E-state index contributed by atoms with van der Waals surface area (Å²) in [7, 11) is 3.28. The lowest BCUT2D eigenvalue weighted by atomic mass is 9.73. The first kappa shape index (κ1) is 19.5. The van der Waals surface area contributed by atoms with E-state index < -0.39 is 11.1 Å². The van der Waals surface area contributed by atoms with Crippen LogP contribution < -0.4 is 0 Å². The molecule has 27 heavy (non-hydrogen) atoms. The van der Waals surface area contributed by atoms with Crippen LogP contribution in [0.3, 0.4) is 0 Å². The Balaban J connectivity index is 1.50. The summed E-state index contributed by atoms with van der Waals surface area (Å²) in [6.45, 7) is 4.93. The number of piperidine rings is 6. The van der Waals surface area contributed by atoms with Crippen LogP contribution in [0.25, 0.3) is 0 Å². The Morgan fingerprint density at radius 2 is 1.11 bits per heavy atom. The quantitative estimate of drug-likeness (QED) is 0.602. The molecule has 0 unspecified atom stereocenters. The molecule has 7 nitrogen and oxygen atoms in total. The summed E-state index contributed by atoms with van der Waals surface area (Å²) >= 11 is 0. The molecule has 0 aliphatic carbocycles. The summed E-state index contributed by atoms with van der Waals surface area (Å²) in [5.41, 5.74) is -1.40. The minimum absolute atomic E-state index is 0.123. The third kappa shape index (κ3) is 2.99. The minimum Gasteiger partial charge on any atom is -0.382 e. The van der Waals surface area contributed by atoms with E-state index in [1.807, 2.05) is 0 Å². The number of hydrogen-bond acceptors (Lipinski definition) is 7. The van der Waals surface area contributed by atoms with Crippen molar-refractivity contribution in [1.29, 1.82) is 0 Å². The average molecular weight is 380 g/mol. The summed E-state index contributed by atoms with van der Waals surface area (Å²) in [5.74, 6) is 0.745. The van der Waals surface area contributed by atoms with Crippen molar-refractivity contribution in [2.45, 2.75) is 36.8 Å². The first-order valence-electron chi connectivity index (χ1n) is 10.2. The standard InChI is InChI=1S/C20H32N2O5/c1-25-11-19(17(23)15-3-7-21(19)8-4-15)13-27-14-20(12-26-2)18(24)16-5-9-22(20)10-6-16/h15-16H,3-14H2,1-2H3/t19-,20-/m0/s1. The Labute approximate surface area is 161 Å². The van der Waals surface area contributed by atoms with Crippen molar-refractivity contribution >= 4 is 11.6 Å². The van der Waals surface area contributed by atoms with Crippen LogP contribution in [0.1, 0.15) is 25.7 Å².